The fraction of sp³-hybridized carbons (Fsp3) is 0.280. The Hall–Kier alpha value is -3.65. The highest BCUT2D eigenvalue weighted by Crippen LogP contribution is 2.26. The van der Waals surface area contributed by atoms with E-state index in [4.69, 9.17) is 16.0 Å². The molecule has 0 aliphatic heterocycles. The molecule has 0 aliphatic rings. The topological polar surface area (TPSA) is 96.9 Å². The van der Waals surface area contributed by atoms with E-state index in [1.54, 1.807) is 37.1 Å². The van der Waals surface area contributed by atoms with Crippen molar-refractivity contribution in [1.29, 1.82) is 0 Å². The molecule has 1 aromatic heterocycles. The number of rotatable bonds is 10. The molecule has 0 fully saturated rings. The number of hydrogen-bond donors (Lipinski definition) is 0. The Morgan fingerprint density at radius 2 is 1.82 bits per heavy atom. The lowest BCUT2D eigenvalue weighted by molar-refractivity contribution is -0.384. The first-order valence-electron chi connectivity index (χ1n) is 10.8. The van der Waals surface area contributed by atoms with E-state index in [9.17, 15) is 19.7 Å². The van der Waals surface area contributed by atoms with Gasteiger partial charge in [-0.15, -0.1) is 0 Å². The lowest BCUT2D eigenvalue weighted by atomic mass is 10.1. The molecule has 0 aliphatic carbocycles. The third-order valence-corrected chi connectivity index (χ3v) is 5.69. The molecule has 0 N–H and O–H groups in total. The normalized spacial score (nSPS) is 10.8. The zero-order valence-corrected chi connectivity index (χ0v) is 19.8. The number of benzene rings is 2. The van der Waals surface area contributed by atoms with Gasteiger partial charge in [-0.05, 0) is 50.1 Å². The lowest BCUT2D eigenvalue weighted by Gasteiger charge is -2.30. The Morgan fingerprint density at radius 3 is 2.44 bits per heavy atom. The summed E-state index contributed by atoms with van der Waals surface area (Å²) in [4.78, 5) is 40.2. The first kappa shape index (κ1) is 25.0. The van der Waals surface area contributed by atoms with Crippen molar-refractivity contribution in [3.05, 3.63) is 99.0 Å². The SMILES string of the molecule is CC(C)N(CC(=O)N(CCc1ccccc1)Cc1ccco1)C(=O)c1ccc(Cl)c([N+](=O)[O-])c1. The van der Waals surface area contributed by atoms with Crippen LogP contribution in [0.25, 0.3) is 0 Å². The first-order chi connectivity index (χ1) is 16.3. The highest BCUT2D eigenvalue weighted by molar-refractivity contribution is 6.32. The monoisotopic (exact) mass is 483 g/mol. The van der Waals surface area contributed by atoms with E-state index >= 15 is 0 Å². The molecule has 8 nitrogen and oxygen atoms in total. The minimum absolute atomic E-state index is 0.0562. The summed E-state index contributed by atoms with van der Waals surface area (Å²) in [5.74, 6) is -0.0980. The Morgan fingerprint density at radius 1 is 1.09 bits per heavy atom. The van der Waals surface area contributed by atoms with Gasteiger partial charge in [0, 0.05) is 24.2 Å². The number of furan rings is 1. The molecule has 2 amide bonds. The zero-order valence-electron chi connectivity index (χ0n) is 19.0. The Labute approximate surface area is 202 Å². The number of nitro benzene ring substituents is 1. The molecule has 0 spiro atoms. The van der Waals surface area contributed by atoms with Crippen LogP contribution >= 0.6 is 11.6 Å². The van der Waals surface area contributed by atoms with Gasteiger partial charge in [0.2, 0.25) is 5.91 Å². The molecule has 1 heterocycles. The second-order valence-electron chi connectivity index (χ2n) is 8.08. The lowest BCUT2D eigenvalue weighted by Crippen LogP contribution is -2.46. The summed E-state index contributed by atoms with van der Waals surface area (Å²) in [5, 5.41) is 11.2. The summed E-state index contributed by atoms with van der Waals surface area (Å²) in [6, 6.07) is 16.9. The van der Waals surface area contributed by atoms with E-state index < -0.39 is 10.8 Å². The van der Waals surface area contributed by atoms with Crippen molar-refractivity contribution in [2.24, 2.45) is 0 Å². The van der Waals surface area contributed by atoms with Gasteiger partial charge in [-0.1, -0.05) is 41.9 Å². The summed E-state index contributed by atoms with van der Waals surface area (Å²) >= 11 is 5.88. The van der Waals surface area contributed by atoms with E-state index in [-0.39, 0.29) is 41.3 Å². The summed E-state index contributed by atoms with van der Waals surface area (Å²) in [5.41, 5.74) is 0.828. The van der Waals surface area contributed by atoms with Crippen LogP contribution in [0, 0.1) is 10.1 Å². The standard InChI is InChI=1S/C25H26ClN3O5/c1-18(2)28(25(31)20-10-11-22(26)23(15-20)29(32)33)17-24(30)27(16-21-9-6-14-34-21)13-12-19-7-4-3-5-8-19/h3-11,14-15,18H,12-13,16-17H2,1-2H3. The molecule has 0 saturated heterocycles. The molecule has 2 aromatic carbocycles. The number of amides is 2. The third kappa shape index (κ3) is 6.45. The highest BCUT2D eigenvalue weighted by Gasteiger charge is 2.26. The van der Waals surface area contributed by atoms with Crippen LogP contribution < -0.4 is 0 Å². The average Bonchev–Trinajstić information content (AvgIpc) is 3.33. The van der Waals surface area contributed by atoms with E-state index in [1.807, 2.05) is 30.3 Å². The van der Waals surface area contributed by atoms with Crippen LogP contribution in [0.3, 0.4) is 0 Å². The van der Waals surface area contributed by atoms with Crippen molar-refractivity contribution in [2.75, 3.05) is 13.1 Å². The summed E-state index contributed by atoms with van der Waals surface area (Å²) in [7, 11) is 0. The molecule has 34 heavy (non-hydrogen) atoms. The van der Waals surface area contributed by atoms with Crippen molar-refractivity contribution in [2.45, 2.75) is 32.9 Å². The quantitative estimate of drug-likeness (QED) is 0.300. The van der Waals surface area contributed by atoms with E-state index in [0.717, 1.165) is 11.6 Å². The Kier molecular flexibility index (Phi) is 8.43. The predicted octanol–water partition coefficient (Wildman–Crippen LogP) is 4.96. The van der Waals surface area contributed by atoms with E-state index in [0.29, 0.717) is 18.7 Å². The van der Waals surface area contributed by atoms with Gasteiger partial charge in [0.05, 0.1) is 17.7 Å². The Balaban J connectivity index is 1.79. The zero-order chi connectivity index (χ0) is 24.7. The molecule has 178 valence electrons. The maximum atomic E-state index is 13.3. The number of carbonyl (C=O) groups is 2. The average molecular weight is 484 g/mol. The van der Waals surface area contributed by atoms with Crippen molar-refractivity contribution < 1.29 is 18.9 Å². The van der Waals surface area contributed by atoms with Gasteiger partial charge in [-0.25, -0.2) is 0 Å². The van der Waals surface area contributed by atoms with Gasteiger partial charge in [-0.3, -0.25) is 19.7 Å². The fourth-order valence-electron chi connectivity index (χ4n) is 3.48. The second kappa shape index (κ2) is 11.5. The van der Waals surface area contributed by atoms with Crippen LogP contribution in [-0.4, -0.2) is 45.7 Å². The largest absolute Gasteiger partial charge is 0.467 e. The van der Waals surface area contributed by atoms with Crippen LogP contribution in [0.2, 0.25) is 5.02 Å². The molecular weight excluding hydrogens is 458 g/mol. The number of carbonyl (C=O) groups excluding carboxylic acids is 2. The molecule has 0 saturated carbocycles. The number of nitrogens with zero attached hydrogens (tertiary/aromatic N) is 3. The maximum absolute atomic E-state index is 13.3. The number of hydrogen-bond acceptors (Lipinski definition) is 5. The van der Waals surface area contributed by atoms with Crippen LogP contribution in [0.15, 0.2) is 71.3 Å². The Bertz CT molecular complexity index is 1130. The molecule has 0 atom stereocenters. The van der Waals surface area contributed by atoms with Crippen molar-refractivity contribution >= 4 is 29.1 Å². The second-order valence-corrected chi connectivity index (χ2v) is 8.49. The molecule has 0 radical (unpaired) electrons. The van der Waals surface area contributed by atoms with Gasteiger partial charge in [0.1, 0.15) is 17.3 Å². The van der Waals surface area contributed by atoms with Crippen LogP contribution in [0.4, 0.5) is 5.69 Å². The van der Waals surface area contributed by atoms with Crippen molar-refractivity contribution in [1.82, 2.24) is 9.80 Å². The maximum Gasteiger partial charge on any atom is 0.288 e. The van der Waals surface area contributed by atoms with Gasteiger partial charge in [0.15, 0.2) is 0 Å². The van der Waals surface area contributed by atoms with Gasteiger partial charge < -0.3 is 14.2 Å². The molecule has 0 bridgehead atoms. The molecule has 9 heteroatoms. The fourth-order valence-corrected chi connectivity index (χ4v) is 3.66. The summed E-state index contributed by atoms with van der Waals surface area (Å²) in [6.07, 6.45) is 2.19. The van der Waals surface area contributed by atoms with Crippen LogP contribution in [0.5, 0.6) is 0 Å². The number of nitro groups is 1. The first-order valence-corrected chi connectivity index (χ1v) is 11.2. The summed E-state index contributed by atoms with van der Waals surface area (Å²) < 4.78 is 5.43. The van der Waals surface area contributed by atoms with E-state index in [1.165, 1.54) is 17.0 Å². The van der Waals surface area contributed by atoms with Gasteiger partial charge >= 0.3 is 0 Å². The minimum atomic E-state index is -0.640. The van der Waals surface area contributed by atoms with Crippen LogP contribution in [0.1, 0.15) is 35.5 Å². The van der Waals surface area contributed by atoms with E-state index in [2.05, 4.69) is 0 Å². The molecule has 0 unspecified atom stereocenters. The highest BCUT2D eigenvalue weighted by atomic mass is 35.5. The van der Waals surface area contributed by atoms with Crippen molar-refractivity contribution in [3.63, 3.8) is 0 Å². The van der Waals surface area contributed by atoms with Gasteiger partial charge in [-0.2, -0.15) is 0 Å². The third-order valence-electron chi connectivity index (χ3n) is 5.37. The summed E-state index contributed by atoms with van der Waals surface area (Å²) in [6.45, 7) is 4.11. The minimum Gasteiger partial charge on any atom is -0.467 e. The smallest absolute Gasteiger partial charge is 0.288 e. The predicted molar refractivity (Wildman–Crippen MR) is 129 cm³/mol. The molecule has 3 rings (SSSR count). The number of halogens is 1. The van der Waals surface area contributed by atoms with Crippen LogP contribution in [-0.2, 0) is 17.8 Å². The van der Waals surface area contributed by atoms with Gasteiger partial charge in [0.25, 0.3) is 11.6 Å². The van der Waals surface area contributed by atoms with Crippen molar-refractivity contribution in [3.8, 4) is 0 Å². The molecular formula is C25H26ClN3O5. The molecule has 3 aromatic rings.